The summed E-state index contributed by atoms with van der Waals surface area (Å²) >= 11 is 1.20. The summed E-state index contributed by atoms with van der Waals surface area (Å²) in [6.45, 7) is 3.29. The zero-order chi connectivity index (χ0) is 14.9. The van der Waals surface area contributed by atoms with Gasteiger partial charge in [0.05, 0.1) is 0 Å². The van der Waals surface area contributed by atoms with Gasteiger partial charge in [-0.3, -0.25) is 4.79 Å². The molecule has 2 fully saturated rings. The topological polar surface area (TPSA) is 69.7 Å². The molecular weight excluding hydrogens is 310 g/mol. The Hall–Kier alpha value is -0.960. The zero-order valence-electron chi connectivity index (χ0n) is 11.7. The molecule has 0 spiro atoms. The fraction of sp³-hybridized carbons (Fsp3) is 0.615. The standard InChI is InChI=1S/C13H19N3O3S2/c17-13(15-8-5-14-6-9-15)11-3-1-7-16(11)21(18,19)12-4-2-10-20-12/h2,4,10-11,14H,1,3,5-9H2. The number of hydrogen-bond donors (Lipinski definition) is 1. The van der Waals surface area contributed by atoms with Crippen molar-refractivity contribution in [1.29, 1.82) is 0 Å². The van der Waals surface area contributed by atoms with E-state index in [1.54, 1.807) is 22.4 Å². The molecule has 116 valence electrons. The Morgan fingerprint density at radius 3 is 2.71 bits per heavy atom. The van der Waals surface area contributed by atoms with E-state index in [4.69, 9.17) is 0 Å². The molecule has 0 saturated carbocycles. The largest absolute Gasteiger partial charge is 0.339 e. The molecular formula is C13H19N3O3S2. The van der Waals surface area contributed by atoms with Gasteiger partial charge < -0.3 is 10.2 Å². The Morgan fingerprint density at radius 2 is 2.05 bits per heavy atom. The molecule has 0 aliphatic carbocycles. The predicted octanol–water partition coefficient (Wildman–Crippen LogP) is 0.333. The first-order valence-electron chi connectivity index (χ1n) is 7.15. The molecule has 2 aliphatic rings. The van der Waals surface area contributed by atoms with E-state index in [1.165, 1.54) is 15.6 Å². The first-order chi connectivity index (χ1) is 10.1. The van der Waals surface area contributed by atoms with Crippen molar-refractivity contribution in [2.45, 2.75) is 23.1 Å². The zero-order valence-corrected chi connectivity index (χ0v) is 13.3. The maximum Gasteiger partial charge on any atom is 0.253 e. The highest BCUT2D eigenvalue weighted by Gasteiger charge is 2.41. The molecule has 1 N–H and O–H groups in total. The fourth-order valence-corrected chi connectivity index (χ4v) is 5.67. The van der Waals surface area contributed by atoms with Gasteiger partial charge in [-0.15, -0.1) is 11.3 Å². The minimum Gasteiger partial charge on any atom is -0.339 e. The number of sulfonamides is 1. The number of amides is 1. The number of piperazine rings is 1. The van der Waals surface area contributed by atoms with E-state index in [1.807, 2.05) is 0 Å². The van der Waals surface area contributed by atoms with Crippen molar-refractivity contribution in [3.8, 4) is 0 Å². The molecule has 6 nitrogen and oxygen atoms in total. The average molecular weight is 329 g/mol. The van der Waals surface area contributed by atoms with Crippen LogP contribution in [0.4, 0.5) is 0 Å². The third-order valence-electron chi connectivity index (χ3n) is 3.98. The molecule has 0 aromatic carbocycles. The van der Waals surface area contributed by atoms with Crippen LogP contribution in [-0.2, 0) is 14.8 Å². The van der Waals surface area contributed by atoms with Gasteiger partial charge in [0, 0.05) is 32.7 Å². The van der Waals surface area contributed by atoms with Crippen LogP contribution in [0.5, 0.6) is 0 Å². The van der Waals surface area contributed by atoms with E-state index < -0.39 is 16.1 Å². The molecule has 3 heterocycles. The molecule has 3 rings (SSSR count). The van der Waals surface area contributed by atoms with Gasteiger partial charge in [0.2, 0.25) is 5.91 Å². The second-order valence-corrected chi connectivity index (χ2v) is 8.35. The van der Waals surface area contributed by atoms with Crippen LogP contribution in [0, 0.1) is 0 Å². The van der Waals surface area contributed by atoms with Crippen molar-refractivity contribution in [3.05, 3.63) is 17.5 Å². The summed E-state index contributed by atoms with van der Waals surface area (Å²) in [5.41, 5.74) is 0. The highest BCUT2D eigenvalue weighted by atomic mass is 32.2. The summed E-state index contributed by atoms with van der Waals surface area (Å²) in [4.78, 5) is 14.4. The summed E-state index contributed by atoms with van der Waals surface area (Å²) in [6, 6.07) is 2.79. The molecule has 21 heavy (non-hydrogen) atoms. The molecule has 2 aliphatic heterocycles. The number of hydrogen-bond acceptors (Lipinski definition) is 5. The maximum absolute atomic E-state index is 12.6. The lowest BCUT2D eigenvalue weighted by Gasteiger charge is -2.32. The minimum absolute atomic E-state index is 0.0471. The van der Waals surface area contributed by atoms with Crippen molar-refractivity contribution in [1.82, 2.24) is 14.5 Å². The molecule has 2 saturated heterocycles. The Balaban J connectivity index is 1.81. The second kappa shape index (κ2) is 6.04. The van der Waals surface area contributed by atoms with Gasteiger partial charge in [0.1, 0.15) is 10.3 Å². The van der Waals surface area contributed by atoms with E-state index in [9.17, 15) is 13.2 Å². The third kappa shape index (κ3) is 2.85. The van der Waals surface area contributed by atoms with Gasteiger partial charge in [-0.25, -0.2) is 8.42 Å². The minimum atomic E-state index is -3.54. The van der Waals surface area contributed by atoms with E-state index in [0.717, 1.165) is 19.5 Å². The van der Waals surface area contributed by atoms with Crippen LogP contribution in [0.2, 0.25) is 0 Å². The predicted molar refractivity (Wildman–Crippen MR) is 80.7 cm³/mol. The quantitative estimate of drug-likeness (QED) is 0.868. The van der Waals surface area contributed by atoms with Crippen molar-refractivity contribution in [2.24, 2.45) is 0 Å². The number of nitrogens with one attached hydrogen (secondary N) is 1. The van der Waals surface area contributed by atoms with Crippen LogP contribution in [0.3, 0.4) is 0 Å². The smallest absolute Gasteiger partial charge is 0.253 e. The van der Waals surface area contributed by atoms with Crippen LogP contribution in [0.25, 0.3) is 0 Å². The molecule has 1 amide bonds. The van der Waals surface area contributed by atoms with Crippen LogP contribution in [-0.4, -0.2) is 62.3 Å². The van der Waals surface area contributed by atoms with Gasteiger partial charge >= 0.3 is 0 Å². The van der Waals surface area contributed by atoms with Crippen molar-refractivity contribution < 1.29 is 13.2 Å². The van der Waals surface area contributed by atoms with Gasteiger partial charge in [-0.05, 0) is 24.3 Å². The molecule has 1 aromatic heterocycles. The molecule has 1 atom stereocenters. The van der Waals surface area contributed by atoms with Crippen molar-refractivity contribution in [3.63, 3.8) is 0 Å². The lowest BCUT2D eigenvalue weighted by Crippen LogP contribution is -2.53. The maximum atomic E-state index is 12.6. The second-order valence-electron chi connectivity index (χ2n) is 5.28. The first kappa shape index (κ1) is 15.0. The number of carbonyl (C=O) groups excluding carboxylic acids is 1. The highest BCUT2D eigenvalue weighted by Crippen LogP contribution is 2.29. The normalized spacial score (nSPS) is 24.4. The van der Waals surface area contributed by atoms with Crippen LogP contribution in [0.15, 0.2) is 21.7 Å². The molecule has 0 radical (unpaired) electrons. The Bertz CT molecular complexity index is 594. The molecule has 0 bridgehead atoms. The van der Waals surface area contributed by atoms with Gasteiger partial charge in [-0.2, -0.15) is 4.31 Å². The van der Waals surface area contributed by atoms with Crippen LogP contribution < -0.4 is 5.32 Å². The highest BCUT2D eigenvalue weighted by molar-refractivity contribution is 7.91. The third-order valence-corrected chi connectivity index (χ3v) is 7.26. The summed E-state index contributed by atoms with van der Waals surface area (Å²) in [5, 5.41) is 4.95. The number of rotatable bonds is 3. The average Bonchev–Trinajstić information content (AvgIpc) is 3.19. The fourth-order valence-electron chi connectivity index (χ4n) is 2.90. The number of nitrogens with zero attached hydrogens (tertiary/aromatic N) is 2. The number of thiophene rings is 1. The van der Waals surface area contributed by atoms with Crippen molar-refractivity contribution in [2.75, 3.05) is 32.7 Å². The Labute approximate surface area is 128 Å². The summed E-state index contributed by atoms with van der Waals surface area (Å²) < 4.78 is 27.0. The Kier molecular flexibility index (Phi) is 4.30. The SMILES string of the molecule is O=C(C1CCCN1S(=O)(=O)c1cccs1)N1CCNCC1. The van der Waals surface area contributed by atoms with Crippen LogP contribution in [0.1, 0.15) is 12.8 Å². The molecule has 8 heteroatoms. The van der Waals surface area contributed by atoms with E-state index in [2.05, 4.69) is 5.32 Å². The van der Waals surface area contributed by atoms with E-state index in [-0.39, 0.29) is 5.91 Å². The van der Waals surface area contributed by atoms with Gasteiger partial charge in [0.25, 0.3) is 10.0 Å². The number of carbonyl (C=O) groups is 1. The first-order valence-corrected chi connectivity index (χ1v) is 9.47. The van der Waals surface area contributed by atoms with Gasteiger partial charge in [0.15, 0.2) is 0 Å². The van der Waals surface area contributed by atoms with E-state index >= 15 is 0 Å². The van der Waals surface area contributed by atoms with Gasteiger partial charge in [-0.1, -0.05) is 6.07 Å². The lowest BCUT2D eigenvalue weighted by molar-refractivity contribution is -0.135. The summed E-state index contributed by atoms with van der Waals surface area (Å²) in [6.07, 6.45) is 1.36. The summed E-state index contributed by atoms with van der Waals surface area (Å²) in [5.74, 6) is -0.0471. The van der Waals surface area contributed by atoms with Crippen molar-refractivity contribution >= 4 is 27.3 Å². The molecule has 1 aromatic rings. The molecule has 1 unspecified atom stereocenters. The van der Waals surface area contributed by atoms with E-state index in [0.29, 0.717) is 30.3 Å². The van der Waals surface area contributed by atoms with Crippen LogP contribution >= 0.6 is 11.3 Å². The Morgan fingerprint density at radius 1 is 1.29 bits per heavy atom. The lowest BCUT2D eigenvalue weighted by atomic mass is 10.2. The monoisotopic (exact) mass is 329 g/mol. The summed E-state index contributed by atoms with van der Waals surface area (Å²) in [7, 11) is -3.54.